The lowest BCUT2D eigenvalue weighted by Crippen LogP contribution is -2.06. The summed E-state index contributed by atoms with van der Waals surface area (Å²) < 4.78 is 10.6. The Balaban J connectivity index is 1.81. The second-order valence-electron chi connectivity index (χ2n) is 4.04. The molecule has 0 atom stereocenters. The molecular formula is C14H16ClN3O2. The van der Waals surface area contributed by atoms with Crippen LogP contribution in [-0.2, 0) is 6.42 Å². The van der Waals surface area contributed by atoms with Crippen LogP contribution in [0.4, 0.5) is 0 Å². The molecule has 6 heteroatoms. The van der Waals surface area contributed by atoms with Crippen molar-refractivity contribution in [2.75, 3.05) is 13.2 Å². The minimum absolute atomic E-state index is 0.0708. The van der Waals surface area contributed by atoms with E-state index in [1.54, 1.807) is 0 Å². The summed E-state index contributed by atoms with van der Waals surface area (Å²) in [5.41, 5.74) is 1.28. The van der Waals surface area contributed by atoms with Crippen molar-refractivity contribution in [1.82, 2.24) is 15.0 Å². The third-order valence-electron chi connectivity index (χ3n) is 2.52. The Morgan fingerprint density at radius 2 is 1.70 bits per heavy atom. The number of nitrogens with zero attached hydrogens (tertiary/aromatic N) is 3. The van der Waals surface area contributed by atoms with Crippen LogP contribution in [0.2, 0.25) is 5.28 Å². The highest BCUT2D eigenvalue weighted by molar-refractivity contribution is 6.28. The lowest BCUT2D eigenvalue weighted by molar-refractivity contribution is 0.265. The molecule has 1 aromatic carbocycles. The molecule has 0 unspecified atom stereocenters. The second-order valence-corrected chi connectivity index (χ2v) is 4.38. The van der Waals surface area contributed by atoms with Gasteiger partial charge in [0.25, 0.3) is 0 Å². The van der Waals surface area contributed by atoms with Gasteiger partial charge in [0, 0.05) is 0 Å². The quantitative estimate of drug-likeness (QED) is 0.735. The SMILES string of the molecule is CCOc1nc(Cl)nc(OCCCc2ccccc2)n1. The summed E-state index contributed by atoms with van der Waals surface area (Å²) >= 11 is 5.77. The number of aromatic nitrogens is 3. The van der Waals surface area contributed by atoms with E-state index in [1.807, 2.05) is 25.1 Å². The lowest BCUT2D eigenvalue weighted by atomic mass is 10.1. The molecule has 1 aromatic heterocycles. The highest BCUT2D eigenvalue weighted by Crippen LogP contribution is 2.13. The Kier molecular flexibility index (Phi) is 5.55. The first-order valence-electron chi connectivity index (χ1n) is 6.49. The van der Waals surface area contributed by atoms with E-state index < -0.39 is 0 Å². The predicted molar refractivity (Wildman–Crippen MR) is 76.3 cm³/mol. The zero-order chi connectivity index (χ0) is 14.2. The topological polar surface area (TPSA) is 57.1 Å². The highest BCUT2D eigenvalue weighted by atomic mass is 35.5. The maximum Gasteiger partial charge on any atom is 0.323 e. The van der Waals surface area contributed by atoms with Crippen molar-refractivity contribution in [3.63, 3.8) is 0 Å². The first-order chi connectivity index (χ1) is 9.78. The Morgan fingerprint density at radius 1 is 1.00 bits per heavy atom. The van der Waals surface area contributed by atoms with Gasteiger partial charge < -0.3 is 9.47 Å². The van der Waals surface area contributed by atoms with Crippen molar-refractivity contribution in [2.45, 2.75) is 19.8 Å². The van der Waals surface area contributed by atoms with Gasteiger partial charge in [0.15, 0.2) is 0 Å². The number of benzene rings is 1. The average molecular weight is 294 g/mol. The minimum atomic E-state index is 0.0708. The number of hydrogen-bond donors (Lipinski definition) is 0. The summed E-state index contributed by atoms with van der Waals surface area (Å²) in [5, 5.41) is 0.0708. The lowest BCUT2D eigenvalue weighted by Gasteiger charge is -2.06. The van der Waals surface area contributed by atoms with E-state index in [0.29, 0.717) is 13.2 Å². The van der Waals surface area contributed by atoms with Crippen LogP contribution < -0.4 is 9.47 Å². The molecule has 0 saturated carbocycles. The zero-order valence-corrected chi connectivity index (χ0v) is 12.0. The van der Waals surface area contributed by atoms with E-state index >= 15 is 0 Å². The van der Waals surface area contributed by atoms with E-state index in [-0.39, 0.29) is 17.3 Å². The van der Waals surface area contributed by atoms with Crippen LogP contribution in [0.1, 0.15) is 18.9 Å². The number of aryl methyl sites for hydroxylation is 1. The summed E-state index contributed by atoms with van der Waals surface area (Å²) in [6, 6.07) is 10.6. The molecule has 1 heterocycles. The van der Waals surface area contributed by atoms with Crippen LogP contribution in [0, 0.1) is 0 Å². The fourth-order valence-electron chi connectivity index (χ4n) is 1.66. The molecule has 0 aliphatic rings. The molecule has 20 heavy (non-hydrogen) atoms. The van der Waals surface area contributed by atoms with Gasteiger partial charge in [-0.25, -0.2) is 0 Å². The molecule has 0 spiro atoms. The van der Waals surface area contributed by atoms with Crippen molar-refractivity contribution < 1.29 is 9.47 Å². The minimum Gasteiger partial charge on any atom is -0.464 e. The molecule has 0 aliphatic carbocycles. The van der Waals surface area contributed by atoms with Crippen LogP contribution >= 0.6 is 11.6 Å². The van der Waals surface area contributed by atoms with Gasteiger partial charge in [0.2, 0.25) is 5.28 Å². The molecule has 106 valence electrons. The van der Waals surface area contributed by atoms with E-state index in [2.05, 4.69) is 27.1 Å². The Labute approximate surface area is 123 Å². The van der Waals surface area contributed by atoms with Crippen molar-refractivity contribution in [3.05, 3.63) is 41.2 Å². The Hall–Kier alpha value is -1.88. The van der Waals surface area contributed by atoms with Gasteiger partial charge in [-0.2, -0.15) is 9.97 Å². The molecule has 0 aliphatic heterocycles. The molecule has 5 nitrogen and oxygen atoms in total. The molecular weight excluding hydrogens is 278 g/mol. The molecule has 0 fully saturated rings. The monoisotopic (exact) mass is 293 g/mol. The summed E-state index contributed by atoms with van der Waals surface area (Å²) in [6.07, 6.45) is 1.81. The van der Waals surface area contributed by atoms with Gasteiger partial charge in [0.1, 0.15) is 0 Å². The van der Waals surface area contributed by atoms with Gasteiger partial charge in [-0.05, 0) is 36.9 Å². The van der Waals surface area contributed by atoms with Crippen LogP contribution in [0.5, 0.6) is 12.0 Å². The first kappa shape index (κ1) is 14.5. The molecule has 0 bridgehead atoms. The molecule has 0 N–H and O–H groups in total. The maximum absolute atomic E-state index is 5.77. The maximum atomic E-state index is 5.77. The molecule has 0 saturated heterocycles. The number of ether oxygens (including phenoxy) is 2. The van der Waals surface area contributed by atoms with Crippen molar-refractivity contribution in [2.24, 2.45) is 0 Å². The van der Waals surface area contributed by atoms with Gasteiger partial charge in [-0.3, -0.25) is 0 Å². The third kappa shape index (κ3) is 4.66. The Morgan fingerprint density at radius 3 is 2.40 bits per heavy atom. The van der Waals surface area contributed by atoms with Crippen molar-refractivity contribution >= 4 is 11.6 Å². The van der Waals surface area contributed by atoms with Gasteiger partial charge in [-0.1, -0.05) is 30.3 Å². The van der Waals surface area contributed by atoms with E-state index in [0.717, 1.165) is 12.8 Å². The van der Waals surface area contributed by atoms with Crippen LogP contribution in [-0.4, -0.2) is 28.2 Å². The standard InChI is InChI=1S/C14H16ClN3O2/c1-2-19-13-16-12(15)17-14(18-13)20-10-6-9-11-7-4-3-5-8-11/h3-5,7-8H,2,6,9-10H2,1H3. The summed E-state index contributed by atoms with van der Waals surface area (Å²) in [4.78, 5) is 11.8. The van der Waals surface area contributed by atoms with Crippen LogP contribution in [0.25, 0.3) is 0 Å². The van der Waals surface area contributed by atoms with Crippen LogP contribution in [0.3, 0.4) is 0 Å². The second kappa shape index (κ2) is 7.65. The van der Waals surface area contributed by atoms with Crippen LogP contribution in [0.15, 0.2) is 30.3 Å². The van der Waals surface area contributed by atoms with E-state index in [4.69, 9.17) is 21.1 Å². The van der Waals surface area contributed by atoms with Gasteiger partial charge >= 0.3 is 12.0 Å². The summed E-state index contributed by atoms with van der Waals surface area (Å²) in [5.74, 6) is 0. The predicted octanol–water partition coefficient (Wildman–Crippen LogP) is 2.94. The molecule has 2 aromatic rings. The van der Waals surface area contributed by atoms with E-state index in [1.165, 1.54) is 5.56 Å². The smallest absolute Gasteiger partial charge is 0.323 e. The zero-order valence-electron chi connectivity index (χ0n) is 11.3. The largest absolute Gasteiger partial charge is 0.464 e. The first-order valence-corrected chi connectivity index (χ1v) is 6.87. The van der Waals surface area contributed by atoms with Crippen molar-refractivity contribution in [3.8, 4) is 12.0 Å². The third-order valence-corrected chi connectivity index (χ3v) is 2.69. The number of hydrogen-bond acceptors (Lipinski definition) is 5. The molecule has 0 radical (unpaired) electrons. The normalized spacial score (nSPS) is 10.3. The molecule has 0 amide bonds. The fraction of sp³-hybridized carbons (Fsp3) is 0.357. The molecule has 2 rings (SSSR count). The van der Waals surface area contributed by atoms with E-state index in [9.17, 15) is 0 Å². The number of halogens is 1. The van der Waals surface area contributed by atoms with Gasteiger partial charge in [-0.15, -0.1) is 4.98 Å². The highest BCUT2D eigenvalue weighted by Gasteiger charge is 2.06. The summed E-state index contributed by atoms with van der Waals surface area (Å²) in [6.45, 7) is 2.83. The fourth-order valence-corrected chi connectivity index (χ4v) is 1.80. The number of rotatable bonds is 7. The Bertz CT molecular complexity index is 537. The van der Waals surface area contributed by atoms with Crippen molar-refractivity contribution in [1.29, 1.82) is 0 Å². The average Bonchev–Trinajstić information content (AvgIpc) is 2.45. The van der Waals surface area contributed by atoms with Gasteiger partial charge in [0.05, 0.1) is 13.2 Å². The summed E-state index contributed by atoms with van der Waals surface area (Å²) in [7, 11) is 0.